The Morgan fingerprint density at radius 1 is 1.09 bits per heavy atom. The second-order valence-corrected chi connectivity index (χ2v) is 8.65. The predicted molar refractivity (Wildman–Crippen MR) is 133 cm³/mol. The zero-order valence-corrected chi connectivity index (χ0v) is 19.8. The number of amides is 2. The molecule has 2 N–H and O–H groups in total. The molecule has 0 saturated heterocycles. The van der Waals surface area contributed by atoms with E-state index >= 15 is 0 Å². The number of urea groups is 1. The quantitative estimate of drug-likeness (QED) is 0.432. The van der Waals surface area contributed by atoms with Gasteiger partial charge in [-0.05, 0) is 67.3 Å². The van der Waals surface area contributed by atoms with Gasteiger partial charge in [-0.3, -0.25) is 0 Å². The molecule has 0 saturated carbocycles. The second-order valence-electron chi connectivity index (χ2n) is 8.65. The number of aromatic nitrogens is 2. The van der Waals surface area contributed by atoms with Crippen molar-refractivity contribution in [2.24, 2.45) is 0 Å². The Kier molecular flexibility index (Phi) is 5.61. The third kappa shape index (κ3) is 3.73. The van der Waals surface area contributed by atoms with Crippen LogP contribution in [0.3, 0.4) is 0 Å². The molecule has 0 spiro atoms. The maximum Gasteiger partial charge on any atom is 0.322 e. The second kappa shape index (κ2) is 8.74. The molecule has 0 radical (unpaired) electrons. The number of aromatic amines is 1. The van der Waals surface area contributed by atoms with E-state index in [1.807, 2.05) is 55.1 Å². The molecule has 1 atom stereocenters. The summed E-state index contributed by atoms with van der Waals surface area (Å²) in [5.74, 6) is 1.23. The van der Waals surface area contributed by atoms with Crippen LogP contribution in [0.4, 0.5) is 10.5 Å². The van der Waals surface area contributed by atoms with E-state index in [2.05, 4.69) is 27.4 Å². The van der Waals surface area contributed by atoms with Crippen molar-refractivity contribution in [3.63, 3.8) is 0 Å². The van der Waals surface area contributed by atoms with Gasteiger partial charge in [0.15, 0.2) is 11.5 Å². The van der Waals surface area contributed by atoms with Crippen LogP contribution in [-0.4, -0.2) is 41.7 Å². The van der Waals surface area contributed by atoms with Crippen LogP contribution < -0.4 is 14.8 Å². The highest BCUT2D eigenvalue weighted by Gasteiger charge is 2.37. The Bertz CT molecular complexity index is 1360. The molecule has 2 amide bonds. The number of fused-ring (bicyclic) bond motifs is 3. The molecule has 0 bridgehead atoms. The van der Waals surface area contributed by atoms with Crippen molar-refractivity contribution in [3.8, 4) is 11.5 Å². The largest absolute Gasteiger partial charge is 0.493 e. The van der Waals surface area contributed by atoms with Crippen LogP contribution in [-0.2, 0) is 6.42 Å². The normalized spacial score (nSPS) is 15.2. The number of pyridine rings is 1. The van der Waals surface area contributed by atoms with Crippen molar-refractivity contribution in [3.05, 3.63) is 82.7 Å². The number of benzene rings is 2. The molecular weight excluding hydrogens is 428 g/mol. The molecule has 7 heteroatoms. The van der Waals surface area contributed by atoms with Crippen molar-refractivity contribution in [1.29, 1.82) is 0 Å². The van der Waals surface area contributed by atoms with Crippen LogP contribution in [0.1, 0.15) is 34.0 Å². The highest BCUT2D eigenvalue weighted by molar-refractivity contribution is 5.91. The van der Waals surface area contributed by atoms with E-state index in [1.165, 1.54) is 5.56 Å². The lowest BCUT2D eigenvalue weighted by Crippen LogP contribution is -2.43. The molecule has 1 unspecified atom stereocenters. The Hall–Kier alpha value is -4.00. The Balaban J connectivity index is 1.63. The monoisotopic (exact) mass is 456 g/mol. The van der Waals surface area contributed by atoms with Gasteiger partial charge in [0, 0.05) is 35.1 Å². The first-order chi connectivity index (χ1) is 16.5. The van der Waals surface area contributed by atoms with E-state index in [-0.39, 0.29) is 6.03 Å². The lowest BCUT2D eigenvalue weighted by molar-refractivity contribution is 0.191. The lowest BCUT2D eigenvalue weighted by Gasteiger charge is -2.36. The lowest BCUT2D eigenvalue weighted by atomic mass is 9.92. The van der Waals surface area contributed by atoms with Crippen LogP contribution in [0.2, 0.25) is 0 Å². The Morgan fingerprint density at radius 3 is 2.62 bits per heavy atom. The number of H-pyrrole nitrogens is 1. The molecule has 34 heavy (non-hydrogen) atoms. The predicted octanol–water partition coefficient (Wildman–Crippen LogP) is 5.38. The van der Waals surface area contributed by atoms with Crippen LogP contribution in [0.5, 0.6) is 11.5 Å². The topological polar surface area (TPSA) is 79.5 Å². The molecule has 3 heterocycles. The highest BCUT2D eigenvalue weighted by Crippen LogP contribution is 2.44. The van der Waals surface area contributed by atoms with Crippen LogP contribution in [0.15, 0.2) is 54.7 Å². The molecule has 1 aliphatic rings. The summed E-state index contributed by atoms with van der Waals surface area (Å²) in [6.45, 7) is 4.60. The smallest absolute Gasteiger partial charge is 0.322 e. The fraction of sp³-hybridized carbons (Fsp3) is 0.259. The van der Waals surface area contributed by atoms with Crippen molar-refractivity contribution in [1.82, 2.24) is 14.9 Å². The summed E-state index contributed by atoms with van der Waals surface area (Å²) in [6, 6.07) is 15.3. The Labute approximate surface area is 198 Å². The number of nitrogens with zero attached hydrogens (tertiary/aromatic N) is 2. The number of anilines is 1. The number of hydrogen-bond donors (Lipinski definition) is 2. The van der Waals surface area contributed by atoms with Crippen LogP contribution >= 0.6 is 0 Å². The number of methoxy groups -OCH3 is 2. The van der Waals surface area contributed by atoms with Gasteiger partial charge in [0.05, 0.1) is 14.2 Å². The molecule has 2 aromatic heterocycles. The van der Waals surface area contributed by atoms with Gasteiger partial charge in [-0.25, -0.2) is 9.78 Å². The average Bonchev–Trinajstić information content (AvgIpc) is 3.21. The summed E-state index contributed by atoms with van der Waals surface area (Å²) in [6.07, 6.45) is 2.50. The number of rotatable bonds is 4. The average molecular weight is 457 g/mol. The van der Waals surface area contributed by atoms with Gasteiger partial charge in [-0.15, -0.1) is 0 Å². The van der Waals surface area contributed by atoms with Crippen molar-refractivity contribution in [2.75, 3.05) is 26.1 Å². The SMILES string of the molecule is COc1cccc(C2c3[nH]c4ncccc4c3CCN2C(=O)Nc2cc(C)cc(C)c2)c1OC. The number of carbonyl (C=O) groups is 1. The highest BCUT2D eigenvalue weighted by atomic mass is 16.5. The summed E-state index contributed by atoms with van der Waals surface area (Å²) in [5, 5.41) is 4.19. The van der Waals surface area contributed by atoms with E-state index in [1.54, 1.807) is 20.4 Å². The summed E-state index contributed by atoms with van der Waals surface area (Å²) < 4.78 is 11.3. The van der Waals surface area contributed by atoms with Crippen molar-refractivity contribution >= 4 is 22.8 Å². The molecular formula is C27H28N4O3. The van der Waals surface area contributed by atoms with Gasteiger partial charge in [0.1, 0.15) is 11.7 Å². The zero-order valence-electron chi connectivity index (χ0n) is 19.8. The van der Waals surface area contributed by atoms with Crippen LogP contribution in [0, 0.1) is 13.8 Å². The van der Waals surface area contributed by atoms with E-state index < -0.39 is 6.04 Å². The summed E-state index contributed by atoms with van der Waals surface area (Å²) >= 11 is 0. The first kappa shape index (κ1) is 21.8. The molecule has 5 rings (SSSR count). The Morgan fingerprint density at radius 2 is 1.88 bits per heavy atom. The molecule has 174 valence electrons. The van der Waals surface area contributed by atoms with E-state index in [0.29, 0.717) is 18.0 Å². The molecule has 0 aliphatic carbocycles. The fourth-order valence-corrected chi connectivity index (χ4v) is 5.03. The first-order valence-corrected chi connectivity index (χ1v) is 11.3. The summed E-state index contributed by atoms with van der Waals surface area (Å²) in [5.41, 5.74) is 6.77. The third-order valence-electron chi connectivity index (χ3n) is 6.36. The third-order valence-corrected chi connectivity index (χ3v) is 6.36. The molecule has 7 nitrogen and oxygen atoms in total. The maximum absolute atomic E-state index is 13.7. The minimum Gasteiger partial charge on any atom is -0.493 e. The van der Waals surface area contributed by atoms with E-state index in [0.717, 1.165) is 45.5 Å². The minimum absolute atomic E-state index is 0.169. The van der Waals surface area contributed by atoms with E-state index in [4.69, 9.17) is 9.47 Å². The number of ether oxygens (including phenoxy) is 2. The summed E-state index contributed by atoms with van der Waals surface area (Å²) in [4.78, 5) is 23.5. The minimum atomic E-state index is -0.395. The number of nitrogens with one attached hydrogen (secondary N) is 2. The summed E-state index contributed by atoms with van der Waals surface area (Å²) in [7, 11) is 3.24. The van der Waals surface area contributed by atoms with Gasteiger partial charge in [-0.2, -0.15) is 0 Å². The standard InChI is InChI=1S/C27H28N4O3/c1-16-13-17(2)15-18(14-16)29-27(32)31-12-10-19-20-8-6-11-28-26(20)30-23(19)24(31)21-7-5-9-22(33-3)25(21)34-4/h5-9,11,13-15,24H,10,12H2,1-4H3,(H,28,30)(H,29,32). The van der Waals surface area contributed by atoms with Gasteiger partial charge in [-0.1, -0.05) is 18.2 Å². The van der Waals surface area contributed by atoms with Gasteiger partial charge in [0.25, 0.3) is 0 Å². The molecule has 2 aromatic carbocycles. The van der Waals surface area contributed by atoms with Crippen LogP contribution in [0.25, 0.3) is 11.0 Å². The first-order valence-electron chi connectivity index (χ1n) is 11.3. The van der Waals surface area contributed by atoms with Crippen molar-refractivity contribution in [2.45, 2.75) is 26.3 Å². The molecule has 1 aliphatic heterocycles. The molecule has 4 aromatic rings. The molecule has 0 fully saturated rings. The van der Waals surface area contributed by atoms with Gasteiger partial charge >= 0.3 is 6.03 Å². The number of hydrogen-bond acceptors (Lipinski definition) is 4. The number of carbonyl (C=O) groups excluding carboxylic acids is 1. The van der Waals surface area contributed by atoms with Crippen molar-refractivity contribution < 1.29 is 14.3 Å². The van der Waals surface area contributed by atoms with Gasteiger partial charge in [0.2, 0.25) is 0 Å². The number of aryl methyl sites for hydroxylation is 2. The zero-order chi connectivity index (χ0) is 23.8. The van der Waals surface area contributed by atoms with E-state index in [9.17, 15) is 4.79 Å². The fourth-order valence-electron chi connectivity index (χ4n) is 5.03. The number of para-hydroxylation sites is 1. The van der Waals surface area contributed by atoms with Gasteiger partial charge < -0.3 is 24.7 Å². The maximum atomic E-state index is 13.7.